The van der Waals surface area contributed by atoms with Crippen LogP contribution in [-0.4, -0.2) is 44.6 Å². The number of ether oxygens (including phenoxy) is 1. The van der Waals surface area contributed by atoms with E-state index in [4.69, 9.17) is 10.00 Å². The van der Waals surface area contributed by atoms with Crippen LogP contribution in [0.15, 0.2) is 36.8 Å². The van der Waals surface area contributed by atoms with Crippen molar-refractivity contribution in [2.24, 2.45) is 0 Å². The standard InChI is InChI=1S/C16H15N5OS/c17-6-14-19-7-12(8-20-14)21-10-16(11-21)5-13(9-23-16)22-15-3-1-2-4-18-15/h1-4,7-8,13H,5,9-11H2. The molecule has 7 heteroatoms. The van der Waals surface area contributed by atoms with Crippen molar-refractivity contribution in [3.63, 3.8) is 0 Å². The van der Waals surface area contributed by atoms with Gasteiger partial charge in [-0.3, -0.25) is 0 Å². The van der Waals surface area contributed by atoms with Crippen LogP contribution in [0.25, 0.3) is 0 Å². The molecule has 4 heterocycles. The predicted octanol–water partition coefficient (Wildman–Crippen LogP) is 1.89. The maximum Gasteiger partial charge on any atom is 0.232 e. The minimum absolute atomic E-state index is 0.211. The van der Waals surface area contributed by atoms with Crippen LogP contribution in [0.5, 0.6) is 5.88 Å². The van der Waals surface area contributed by atoms with Gasteiger partial charge in [-0.05, 0) is 6.07 Å². The molecule has 0 aliphatic carbocycles. The first-order chi connectivity index (χ1) is 11.3. The van der Waals surface area contributed by atoms with Crippen LogP contribution < -0.4 is 9.64 Å². The third kappa shape index (κ3) is 2.82. The molecule has 0 bridgehead atoms. The van der Waals surface area contributed by atoms with Crippen LogP contribution in [0.4, 0.5) is 5.69 Å². The summed E-state index contributed by atoms with van der Waals surface area (Å²) in [4.78, 5) is 14.5. The van der Waals surface area contributed by atoms with Gasteiger partial charge in [-0.1, -0.05) is 6.07 Å². The van der Waals surface area contributed by atoms with E-state index >= 15 is 0 Å². The highest BCUT2D eigenvalue weighted by molar-refractivity contribution is 8.01. The molecule has 2 aliphatic heterocycles. The van der Waals surface area contributed by atoms with Gasteiger partial charge in [0.15, 0.2) is 0 Å². The lowest BCUT2D eigenvalue weighted by molar-refractivity contribution is 0.194. The number of pyridine rings is 1. The smallest absolute Gasteiger partial charge is 0.232 e. The Labute approximate surface area is 138 Å². The molecule has 0 aromatic carbocycles. The monoisotopic (exact) mass is 325 g/mol. The molecule has 0 N–H and O–H groups in total. The first-order valence-electron chi connectivity index (χ1n) is 7.45. The molecule has 0 radical (unpaired) electrons. The van der Waals surface area contributed by atoms with E-state index in [0.29, 0.717) is 5.88 Å². The summed E-state index contributed by atoms with van der Waals surface area (Å²) < 4.78 is 6.22. The van der Waals surface area contributed by atoms with Gasteiger partial charge >= 0.3 is 0 Å². The number of nitrogens with zero attached hydrogens (tertiary/aromatic N) is 5. The molecule has 2 aliphatic rings. The Kier molecular flexibility index (Phi) is 3.54. The van der Waals surface area contributed by atoms with E-state index < -0.39 is 0 Å². The molecule has 4 rings (SSSR count). The summed E-state index contributed by atoms with van der Waals surface area (Å²) in [7, 11) is 0. The molecule has 6 nitrogen and oxygen atoms in total. The lowest BCUT2D eigenvalue weighted by Crippen LogP contribution is -2.59. The van der Waals surface area contributed by atoms with Gasteiger partial charge in [0.1, 0.15) is 12.2 Å². The van der Waals surface area contributed by atoms with E-state index in [1.54, 1.807) is 18.6 Å². The maximum atomic E-state index is 8.75. The van der Waals surface area contributed by atoms with Crippen molar-refractivity contribution in [3.8, 4) is 11.9 Å². The second kappa shape index (κ2) is 5.70. The lowest BCUT2D eigenvalue weighted by Gasteiger charge is -2.48. The molecule has 2 aromatic rings. The number of hydrogen-bond acceptors (Lipinski definition) is 7. The van der Waals surface area contributed by atoms with Gasteiger partial charge in [0.05, 0.1) is 22.8 Å². The van der Waals surface area contributed by atoms with Crippen molar-refractivity contribution in [2.75, 3.05) is 23.7 Å². The molecule has 1 unspecified atom stereocenters. The highest BCUT2D eigenvalue weighted by Crippen LogP contribution is 2.47. The fourth-order valence-corrected chi connectivity index (χ4v) is 4.58. The second-order valence-electron chi connectivity index (χ2n) is 5.84. The summed E-state index contributed by atoms with van der Waals surface area (Å²) >= 11 is 1.98. The zero-order valence-electron chi connectivity index (χ0n) is 12.4. The summed E-state index contributed by atoms with van der Waals surface area (Å²) in [6.07, 6.45) is 6.44. The average molecular weight is 325 g/mol. The van der Waals surface area contributed by atoms with Crippen LogP contribution in [0, 0.1) is 11.3 Å². The summed E-state index contributed by atoms with van der Waals surface area (Å²) in [6, 6.07) is 7.67. The van der Waals surface area contributed by atoms with Crippen LogP contribution in [0.2, 0.25) is 0 Å². The molecule has 1 atom stereocenters. The minimum Gasteiger partial charge on any atom is -0.473 e. The molecular formula is C16H15N5OS. The molecule has 116 valence electrons. The lowest BCUT2D eigenvalue weighted by atomic mass is 9.92. The third-order valence-corrected chi connectivity index (χ3v) is 5.74. The van der Waals surface area contributed by atoms with Crippen molar-refractivity contribution in [2.45, 2.75) is 17.3 Å². The summed E-state index contributed by atoms with van der Waals surface area (Å²) in [5.41, 5.74) is 0.976. The maximum absolute atomic E-state index is 8.75. The Bertz CT molecular complexity index is 724. The van der Waals surface area contributed by atoms with Crippen LogP contribution in [0.1, 0.15) is 12.2 Å². The van der Waals surface area contributed by atoms with Crippen LogP contribution in [0.3, 0.4) is 0 Å². The SMILES string of the molecule is N#Cc1ncc(N2CC3(CC(Oc4ccccn4)CS3)C2)cn1. The number of thioether (sulfide) groups is 1. The first kappa shape index (κ1) is 14.3. The second-order valence-corrected chi connectivity index (χ2v) is 7.33. The molecule has 2 aromatic heterocycles. The van der Waals surface area contributed by atoms with Gasteiger partial charge in [0.2, 0.25) is 11.7 Å². The quantitative estimate of drug-likeness (QED) is 0.853. The summed E-state index contributed by atoms with van der Waals surface area (Å²) in [5.74, 6) is 1.91. The topological polar surface area (TPSA) is 74.9 Å². The van der Waals surface area contributed by atoms with Crippen molar-refractivity contribution in [1.29, 1.82) is 5.26 Å². The number of anilines is 1. The van der Waals surface area contributed by atoms with Crippen LogP contribution in [-0.2, 0) is 0 Å². The zero-order valence-corrected chi connectivity index (χ0v) is 13.2. The fraction of sp³-hybridized carbons (Fsp3) is 0.375. The number of nitriles is 1. The van der Waals surface area contributed by atoms with Crippen LogP contribution >= 0.6 is 11.8 Å². The van der Waals surface area contributed by atoms with E-state index in [0.717, 1.165) is 31.0 Å². The highest BCUT2D eigenvalue weighted by Gasteiger charge is 2.50. The van der Waals surface area contributed by atoms with Crippen molar-refractivity contribution >= 4 is 17.4 Å². The van der Waals surface area contributed by atoms with Gasteiger partial charge in [-0.15, -0.1) is 11.8 Å². The van der Waals surface area contributed by atoms with Gasteiger partial charge in [-0.25, -0.2) is 15.0 Å². The van der Waals surface area contributed by atoms with Crippen molar-refractivity contribution in [1.82, 2.24) is 15.0 Å². The fourth-order valence-electron chi connectivity index (χ4n) is 3.06. The van der Waals surface area contributed by atoms with Crippen molar-refractivity contribution in [3.05, 3.63) is 42.6 Å². The normalized spacial score (nSPS) is 21.7. The molecule has 0 saturated carbocycles. The van der Waals surface area contributed by atoms with E-state index in [-0.39, 0.29) is 16.7 Å². The van der Waals surface area contributed by atoms with Gasteiger partial charge in [0.25, 0.3) is 0 Å². The molecule has 2 saturated heterocycles. The minimum atomic E-state index is 0.211. The molecule has 2 fully saturated rings. The number of rotatable bonds is 3. The van der Waals surface area contributed by atoms with E-state index in [1.165, 1.54) is 0 Å². The summed E-state index contributed by atoms with van der Waals surface area (Å²) in [5, 5.41) is 8.75. The first-order valence-corrected chi connectivity index (χ1v) is 8.44. The Balaban J connectivity index is 1.35. The highest BCUT2D eigenvalue weighted by atomic mass is 32.2. The van der Waals surface area contributed by atoms with E-state index in [2.05, 4.69) is 19.9 Å². The molecular weight excluding hydrogens is 310 g/mol. The number of hydrogen-bond donors (Lipinski definition) is 0. The van der Waals surface area contributed by atoms with Gasteiger partial charge < -0.3 is 9.64 Å². The van der Waals surface area contributed by atoms with E-state index in [1.807, 2.05) is 36.0 Å². The van der Waals surface area contributed by atoms with E-state index in [9.17, 15) is 0 Å². The third-order valence-electron chi connectivity index (χ3n) is 4.16. The molecule has 1 spiro atoms. The average Bonchev–Trinajstić information content (AvgIpc) is 2.99. The predicted molar refractivity (Wildman–Crippen MR) is 87.4 cm³/mol. The largest absolute Gasteiger partial charge is 0.473 e. The van der Waals surface area contributed by atoms with Gasteiger partial charge in [0, 0.05) is 37.5 Å². The Hall–Kier alpha value is -2.33. The Morgan fingerprint density at radius 3 is 2.78 bits per heavy atom. The molecule has 23 heavy (non-hydrogen) atoms. The zero-order chi connectivity index (χ0) is 15.7. The molecule has 0 amide bonds. The Morgan fingerprint density at radius 2 is 2.09 bits per heavy atom. The summed E-state index contributed by atoms with van der Waals surface area (Å²) in [6.45, 7) is 1.93. The number of aromatic nitrogens is 3. The van der Waals surface area contributed by atoms with Crippen molar-refractivity contribution < 1.29 is 4.74 Å². The van der Waals surface area contributed by atoms with Gasteiger partial charge in [-0.2, -0.15) is 5.26 Å². The Morgan fingerprint density at radius 1 is 1.26 bits per heavy atom.